The second-order valence-electron chi connectivity index (χ2n) is 1.54. The molecule has 2 unspecified atom stereocenters. The van der Waals surface area contributed by atoms with Crippen molar-refractivity contribution in [3.63, 3.8) is 0 Å². The van der Waals surface area contributed by atoms with Crippen LogP contribution in [0.2, 0.25) is 0 Å². The third kappa shape index (κ3) is 1.59. The first-order valence-corrected chi connectivity index (χ1v) is 5.47. The van der Waals surface area contributed by atoms with Gasteiger partial charge in [0.1, 0.15) is 7.85 Å². The Kier molecular flexibility index (Phi) is 2.78. The highest BCUT2D eigenvalue weighted by atomic mass is 127. The van der Waals surface area contributed by atoms with E-state index in [1.165, 1.54) is 0 Å². The summed E-state index contributed by atoms with van der Waals surface area (Å²) in [5.74, 6) is 0. The molecule has 50 valence electrons. The third-order valence-electron chi connectivity index (χ3n) is 0.908. The second kappa shape index (κ2) is 3.04. The topological polar surface area (TPSA) is 34.1 Å². The van der Waals surface area contributed by atoms with E-state index in [1.807, 2.05) is 45.2 Å². The smallest absolute Gasteiger partial charge is 0.210 e. The summed E-state index contributed by atoms with van der Waals surface area (Å²) in [7, 11) is 0. The van der Waals surface area contributed by atoms with Crippen LogP contribution in [-0.4, -0.2) is 18.1 Å². The SMILES string of the molecule is O=C1SC(=O)C(I)C1I. The standard InChI is InChI=1S/C4H2I2O2S/c5-1-2(6)4(8)9-3(1)7/h1-2H. The number of carbonyl (C=O) groups excluding carboxylic acids is 2. The zero-order chi connectivity index (χ0) is 7.02. The maximum atomic E-state index is 10.7. The first-order chi connectivity index (χ1) is 4.13. The number of rotatable bonds is 0. The predicted molar refractivity (Wildman–Crippen MR) is 53.2 cm³/mol. The first-order valence-electron chi connectivity index (χ1n) is 2.16. The summed E-state index contributed by atoms with van der Waals surface area (Å²) in [6.45, 7) is 0. The van der Waals surface area contributed by atoms with E-state index < -0.39 is 0 Å². The number of hydrogen-bond acceptors (Lipinski definition) is 3. The van der Waals surface area contributed by atoms with Gasteiger partial charge in [0, 0.05) is 0 Å². The van der Waals surface area contributed by atoms with Gasteiger partial charge < -0.3 is 0 Å². The summed E-state index contributed by atoms with van der Waals surface area (Å²) < 4.78 is -0.221. The molecule has 1 rings (SSSR count). The van der Waals surface area contributed by atoms with Crippen LogP contribution in [0.15, 0.2) is 0 Å². The van der Waals surface area contributed by atoms with Gasteiger partial charge >= 0.3 is 0 Å². The van der Waals surface area contributed by atoms with E-state index in [9.17, 15) is 9.59 Å². The van der Waals surface area contributed by atoms with Crippen molar-refractivity contribution in [2.24, 2.45) is 0 Å². The van der Waals surface area contributed by atoms with Crippen molar-refractivity contribution in [1.82, 2.24) is 0 Å². The predicted octanol–water partition coefficient (Wildman–Crippen LogP) is 1.39. The summed E-state index contributed by atoms with van der Waals surface area (Å²) in [6, 6.07) is 0. The quantitative estimate of drug-likeness (QED) is 0.479. The molecule has 5 heteroatoms. The second-order valence-corrected chi connectivity index (χ2v) is 5.24. The Labute approximate surface area is 83.8 Å². The highest BCUT2D eigenvalue weighted by Gasteiger charge is 2.38. The van der Waals surface area contributed by atoms with Gasteiger partial charge in [0.25, 0.3) is 0 Å². The molecule has 0 saturated carbocycles. The van der Waals surface area contributed by atoms with Gasteiger partial charge in [0.2, 0.25) is 10.2 Å². The van der Waals surface area contributed by atoms with Gasteiger partial charge in [-0.1, -0.05) is 45.2 Å². The fraction of sp³-hybridized carbons (Fsp3) is 0.500. The Bertz CT molecular complexity index is 152. The van der Waals surface area contributed by atoms with Gasteiger partial charge in [-0.3, -0.25) is 9.59 Å². The lowest BCUT2D eigenvalue weighted by atomic mass is 10.4. The summed E-state index contributed by atoms with van der Waals surface area (Å²) in [4.78, 5) is 21.4. The Hall–Kier alpha value is 1.15. The van der Waals surface area contributed by atoms with Gasteiger partial charge in [-0.05, 0) is 11.8 Å². The number of thioether (sulfide) groups is 1. The van der Waals surface area contributed by atoms with Crippen LogP contribution in [0.3, 0.4) is 0 Å². The van der Waals surface area contributed by atoms with Gasteiger partial charge in [-0.25, -0.2) is 0 Å². The molecule has 2 nitrogen and oxygen atoms in total. The zero-order valence-electron chi connectivity index (χ0n) is 4.14. The number of carbonyl (C=O) groups is 2. The van der Waals surface area contributed by atoms with Crippen molar-refractivity contribution in [1.29, 1.82) is 0 Å². The maximum absolute atomic E-state index is 10.7. The van der Waals surface area contributed by atoms with Crippen molar-refractivity contribution < 1.29 is 9.59 Å². The average molecular weight is 368 g/mol. The van der Waals surface area contributed by atoms with Crippen LogP contribution in [-0.2, 0) is 9.59 Å². The fourth-order valence-corrected chi connectivity index (χ4v) is 3.05. The molecule has 1 heterocycles. The van der Waals surface area contributed by atoms with Crippen LogP contribution >= 0.6 is 56.9 Å². The van der Waals surface area contributed by atoms with Crippen LogP contribution in [0, 0.1) is 0 Å². The molecular formula is C4H2I2O2S. The lowest BCUT2D eigenvalue weighted by Gasteiger charge is -1.96. The van der Waals surface area contributed by atoms with E-state index in [2.05, 4.69) is 0 Å². The van der Waals surface area contributed by atoms with E-state index in [4.69, 9.17) is 0 Å². The zero-order valence-corrected chi connectivity index (χ0v) is 9.27. The fourth-order valence-electron chi connectivity index (χ4n) is 0.451. The minimum absolute atomic E-state index is 0. The molecule has 1 aliphatic rings. The Morgan fingerprint density at radius 3 is 1.56 bits per heavy atom. The summed E-state index contributed by atoms with van der Waals surface area (Å²) in [5, 5.41) is 0.000000000000000222. The number of halogens is 2. The molecular weight excluding hydrogens is 366 g/mol. The van der Waals surface area contributed by atoms with Crippen molar-refractivity contribution in [3.8, 4) is 0 Å². The lowest BCUT2D eigenvalue weighted by molar-refractivity contribution is -0.111. The molecule has 1 aliphatic heterocycles. The van der Waals surface area contributed by atoms with Crippen molar-refractivity contribution in [2.75, 3.05) is 0 Å². The molecule has 2 atom stereocenters. The highest BCUT2D eigenvalue weighted by molar-refractivity contribution is 14.1. The summed E-state index contributed by atoms with van der Waals surface area (Å²) >= 11 is 4.84. The molecule has 0 spiro atoms. The molecule has 0 bridgehead atoms. The van der Waals surface area contributed by atoms with E-state index in [-0.39, 0.29) is 18.1 Å². The molecule has 1 saturated heterocycles. The van der Waals surface area contributed by atoms with Gasteiger partial charge in [-0.2, -0.15) is 0 Å². The van der Waals surface area contributed by atoms with Crippen molar-refractivity contribution >= 4 is 67.2 Å². The van der Waals surface area contributed by atoms with Gasteiger partial charge in [0.15, 0.2) is 0 Å². The minimum atomic E-state index is -0.110. The largest absolute Gasteiger partial charge is 0.285 e. The molecule has 0 aromatic carbocycles. The Balaban J connectivity index is 2.77. The van der Waals surface area contributed by atoms with Crippen LogP contribution in [0.5, 0.6) is 0 Å². The molecule has 1 fully saturated rings. The average Bonchev–Trinajstić information content (AvgIpc) is 1.98. The number of alkyl halides is 2. The minimum Gasteiger partial charge on any atom is -0.285 e. The molecule has 0 aliphatic carbocycles. The highest BCUT2D eigenvalue weighted by Crippen LogP contribution is 2.33. The van der Waals surface area contributed by atoms with Crippen LogP contribution < -0.4 is 0 Å². The molecule has 0 N–H and O–H groups in total. The molecule has 9 heavy (non-hydrogen) atoms. The maximum Gasteiger partial charge on any atom is 0.210 e. The lowest BCUT2D eigenvalue weighted by Crippen LogP contribution is -2.15. The van der Waals surface area contributed by atoms with E-state index in [1.54, 1.807) is 0 Å². The van der Waals surface area contributed by atoms with E-state index in [0.29, 0.717) is 0 Å². The molecule has 0 aromatic heterocycles. The van der Waals surface area contributed by atoms with E-state index in [0.717, 1.165) is 11.8 Å². The first kappa shape index (κ1) is 8.25. The summed E-state index contributed by atoms with van der Waals surface area (Å²) in [5.41, 5.74) is 0. The van der Waals surface area contributed by atoms with Gasteiger partial charge in [0.05, 0.1) is 0 Å². The summed E-state index contributed by atoms with van der Waals surface area (Å²) in [6.07, 6.45) is 0. The van der Waals surface area contributed by atoms with Crippen molar-refractivity contribution in [3.05, 3.63) is 0 Å². The van der Waals surface area contributed by atoms with E-state index >= 15 is 0 Å². The monoisotopic (exact) mass is 368 g/mol. The Morgan fingerprint density at radius 2 is 1.44 bits per heavy atom. The molecule has 0 radical (unpaired) electrons. The molecule has 0 aromatic rings. The van der Waals surface area contributed by atoms with Crippen LogP contribution in [0.1, 0.15) is 0 Å². The molecule has 0 amide bonds. The third-order valence-corrected chi connectivity index (χ3v) is 6.61. The normalized spacial score (nSPS) is 35.8. The Morgan fingerprint density at radius 1 is 1.11 bits per heavy atom. The van der Waals surface area contributed by atoms with Crippen molar-refractivity contribution in [2.45, 2.75) is 7.85 Å². The van der Waals surface area contributed by atoms with Crippen LogP contribution in [0.25, 0.3) is 0 Å². The van der Waals surface area contributed by atoms with Gasteiger partial charge in [-0.15, -0.1) is 0 Å². The number of hydrogen-bond donors (Lipinski definition) is 0. The van der Waals surface area contributed by atoms with Crippen LogP contribution in [0.4, 0.5) is 0 Å².